The molecule has 0 unspecified atom stereocenters. The molecular formula is C24H22N4O3. The lowest BCUT2D eigenvalue weighted by Gasteiger charge is -2.20. The minimum Gasteiger partial charge on any atom is -0.491 e. The molecule has 0 saturated heterocycles. The van der Waals surface area contributed by atoms with Gasteiger partial charge in [-0.15, -0.1) is 6.42 Å². The van der Waals surface area contributed by atoms with Crippen molar-refractivity contribution in [2.75, 3.05) is 19.1 Å². The molecule has 0 radical (unpaired) electrons. The van der Waals surface area contributed by atoms with Gasteiger partial charge in [-0.1, -0.05) is 12.0 Å². The van der Waals surface area contributed by atoms with E-state index in [1.807, 2.05) is 32.0 Å². The molecule has 0 atom stereocenters. The van der Waals surface area contributed by atoms with Crippen molar-refractivity contribution < 1.29 is 14.3 Å². The molecule has 1 aliphatic heterocycles. The first-order chi connectivity index (χ1) is 14.9. The van der Waals surface area contributed by atoms with Crippen LogP contribution in [0.1, 0.15) is 35.6 Å². The monoisotopic (exact) mass is 414 g/mol. The van der Waals surface area contributed by atoms with Crippen LogP contribution in [0.25, 0.3) is 11.3 Å². The third-order valence-corrected chi connectivity index (χ3v) is 5.30. The van der Waals surface area contributed by atoms with E-state index in [9.17, 15) is 4.79 Å². The highest BCUT2D eigenvalue weighted by atomic mass is 16.5. The van der Waals surface area contributed by atoms with Crippen LogP contribution in [-0.2, 0) is 12.0 Å². The summed E-state index contributed by atoms with van der Waals surface area (Å²) in [6, 6.07) is 10.9. The first-order valence-corrected chi connectivity index (χ1v) is 9.73. The molecule has 156 valence electrons. The molecule has 0 aliphatic carbocycles. The minimum absolute atomic E-state index is 0.136. The Kier molecular flexibility index (Phi) is 5.07. The Morgan fingerprint density at radius 3 is 2.65 bits per heavy atom. The molecule has 31 heavy (non-hydrogen) atoms. The minimum atomic E-state index is -0.530. The van der Waals surface area contributed by atoms with E-state index < -0.39 is 5.41 Å². The Hall–Kier alpha value is -3.92. The van der Waals surface area contributed by atoms with Crippen LogP contribution < -0.4 is 14.4 Å². The van der Waals surface area contributed by atoms with Crippen LogP contribution >= 0.6 is 0 Å². The maximum absolute atomic E-state index is 13.0. The van der Waals surface area contributed by atoms with E-state index in [2.05, 4.69) is 15.9 Å². The van der Waals surface area contributed by atoms with Gasteiger partial charge in [-0.05, 0) is 44.2 Å². The summed E-state index contributed by atoms with van der Waals surface area (Å²) in [7, 11) is 3.09. The number of hydrogen-bond acceptors (Lipinski definition) is 6. The van der Waals surface area contributed by atoms with Crippen molar-refractivity contribution in [3.05, 3.63) is 59.5 Å². The molecule has 0 N–H and O–H groups in total. The average molecular weight is 414 g/mol. The molecule has 3 aromatic heterocycles. The van der Waals surface area contributed by atoms with E-state index in [-0.39, 0.29) is 5.91 Å². The van der Waals surface area contributed by atoms with Crippen LogP contribution in [0.2, 0.25) is 0 Å². The lowest BCUT2D eigenvalue weighted by Crippen LogP contribution is -2.25. The summed E-state index contributed by atoms with van der Waals surface area (Å²) in [4.78, 5) is 28.3. The number of carbonyl (C=O) groups excluding carboxylic acids is 1. The van der Waals surface area contributed by atoms with Gasteiger partial charge in [0, 0.05) is 11.8 Å². The van der Waals surface area contributed by atoms with Gasteiger partial charge in [0.1, 0.15) is 5.82 Å². The van der Waals surface area contributed by atoms with E-state index in [0.29, 0.717) is 40.9 Å². The van der Waals surface area contributed by atoms with Crippen molar-refractivity contribution in [3.8, 4) is 35.2 Å². The highest BCUT2D eigenvalue weighted by Crippen LogP contribution is 2.32. The second kappa shape index (κ2) is 7.73. The van der Waals surface area contributed by atoms with Crippen molar-refractivity contribution in [2.24, 2.45) is 0 Å². The van der Waals surface area contributed by atoms with E-state index >= 15 is 0 Å². The summed E-state index contributed by atoms with van der Waals surface area (Å²) >= 11 is 0. The molecule has 7 nitrogen and oxygen atoms in total. The zero-order valence-corrected chi connectivity index (χ0v) is 17.8. The third-order valence-electron chi connectivity index (χ3n) is 5.30. The zero-order chi connectivity index (χ0) is 22.2. The summed E-state index contributed by atoms with van der Waals surface area (Å²) < 4.78 is 10.5. The number of anilines is 1. The van der Waals surface area contributed by atoms with Crippen LogP contribution in [0.4, 0.5) is 5.82 Å². The largest absolute Gasteiger partial charge is 0.491 e. The summed E-state index contributed by atoms with van der Waals surface area (Å²) in [6.45, 7) is 4.17. The van der Waals surface area contributed by atoms with Crippen LogP contribution in [0.15, 0.2) is 42.6 Å². The normalized spacial score (nSPS) is 13.0. The molecule has 4 heterocycles. The summed E-state index contributed by atoms with van der Waals surface area (Å²) in [5.74, 6) is 4.07. The maximum Gasteiger partial charge on any atom is 0.261 e. The number of aromatic nitrogens is 3. The van der Waals surface area contributed by atoms with E-state index in [1.54, 1.807) is 36.4 Å². The highest BCUT2D eigenvalue weighted by molar-refractivity contribution is 6.09. The lowest BCUT2D eigenvalue weighted by molar-refractivity contribution is 0.0996. The smallest absolute Gasteiger partial charge is 0.261 e. The maximum atomic E-state index is 13.0. The number of amides is 1. The summed E-state index contributed by atoms with van der Waals surface area (Å²) in [5, 5.41) is 0. The second-order valence-corrected chi connectivity index (χ2v) is 7.67. The predicted molar refractivity (Wildman–Crippen MR) is 117 cm³/mol. The van der Waals surface area contributed by atoms with Crippen molar-refractivity contribution >= 4 is 11.7 Å². The molecule has 0 spiro atoms. The van der Waals surface area contributed by atoms with Gasteiger partial charge >= 0.3 is 0 Å². The zero-order valence-electron chi connectivity index (χ0n) is 17.8. The number of rotatable bonds is 5. The van der Waals surface area contributed by atoms with Crippen molar-refractivity contribution in [1.29, 1.82) is 0 Å². The standard InChI is InChI=1S/C24H22N4O3/c1-6-24(2,3)20-8-7-9-21(27-20)28-14-18-16(23(28)29)10-11-17(26-18)15-12-19(30-4)22(31-5)25-13-15/h1,7-13H,14H2,2-5H3. The number of hydrogen-bond donors (Lipinski definition) is 0. The average Bonchev–Trinajstić information content (AvgIpc) is 3.14. The van der Waals surface area contributed by atoms with E-state index in [4.69, 9.17) is 20.9 Å². The fourth-order valence-electron chi connectivity index (χ4n) is 3.40. The Bertz CT molecular complexity index is 1210. The quantitative estimate of drug-likeness (QED) is 0.594. The number of carbonyl (C=O) groups is 1. The van der Waals surface area contributed by atoms with Crippen LogP contribution in [0.3, 0.4) is 0 Å². The van der Waals surface area contributed by atoms with Gasteiger partial charge in [0.05, 0.1) is 48.8 Å². The molecule has 1 aliphatic rings. The number of terminal acetylenes is 1. The Balaban J connectivity index is 1.67. The SMILES string of the molecule is C#CC(C)(C)c1cccc(N2Cc3nc(-c4cnc(OC)c(OC)c4)ccc3C2=O)n1. The predicted octanol–water partition coefficient (Wildman–Crippen LogP) is 3.63. The van der Waals surface area contributed by atoms with Crippen molar-refractivity contribution in [2.45, 2.75) is 25.8 Å². The van der Waals surface area contributed by atoms with E-state index in [0.717, 1.165) is 11.3 Å². The van der Waals surface area contributed by atoms with Gasteiger partial charge in [-0.3, -0.25) is 14.7 Å². The van der Waals surface area contributed by atoms with E-state index in [1.165, 1.54) is 7.11 Å². The number of methoxy groups -OCH3 is 2. The Morgan fingerprint density at radius 1 is 1.13 bits per heavy atom. The second-order valence-electron chi connectivity index (χ2n) is 7.67. The first kappa shape index (κ1) is 20.4. The molecule has 0 fully saturated rings. The fraction of sp³-hybridized carbons (Fsp3) is 0.250. The number of ether oxygens (including phenoxy) is 2. The molecule has 0 bridgehead atoms. The molecule has 0 aromatic carbocycles. The number of fused-ring (bicyclic) bond motifs is 1. The van der Waals surface area contributed by atoms with Gasteiger partial charge in [0.25, 0.3) is 11.8 Å². The van der Waals surface area contributed by atoms with Gasteiger partial charge in [-0.2, -0.15) is 0 Å². The first-order valence-electron chi connectivity index (χ1n) is 9.73. The highest BCUT2D eigenvalue weighted by Gasteiger charge is 2.32. The molecule has 3 aromatic rings. The number of pyridine rings is 3. The Labute approximate surface area is 181 Å². The molecule has 0 saturated carbocycles. The topological polar surface area (TPSA) is 77.4 Å². The van der Waals surface area contributed by atoms with Crippen LogP contribution in [0.5, 0.6) is 11.6 Å². The van der Waals surface area contributed by atoms with Crippen LogP contribution in [-0.4, -0.2) is 35.1 Å². The van der Waals surface area contributed by atoms with Gasteiger partial charge in [0.15, 0.2) is 5.75 Å². The van der Waals surface area contributed by atoms with Crippen LogP contribution in [0, 0.1) is 12.3 Å². The van der Waals surface area contributed by atoms with Gasteiger partial charge in [-0.25, -0.2) is 9.97 Å². The van der Waals surface area contributed by atoms with Crippen molar-refractivity contribution in [3.63, 3.8) is 0 Å². The summed E-state index contributed by atoms with van der Waals surface area (Å²) in [6.07, 6.45) is 7.31. The molecule has 7 heteroatoms. The molecular weight excluding hydrogens is 392 g/mol. The van der Waals surface area contributed by atoms with Gasteiger partial charge in [0.2, 0.25) is 0 Å². The summed E-state index contributed by atoms with van der Waals surface area (Å²) in [5.41, 5.74) is 2.90. The third kappa shape index (κ3) is 3.57. The van der Waals surface area contributed by atoms with Gasteiger partial charge < -0.3 is 9.47 Å². The Morgan fingerprint density at radius 2 is 1.94 bits per heavy atom. The fourth-order valence-corrected chi connectivity index (χ4v) is 3.40. The number of nitrogens with zero attached hydrogens (tertiary/aromatic N) is 4. The molecule has 4 rings (SSSR count). The lowest BCUT2D eigenvalue weighted by atomic mass is 9.90. The molecule has 1 amide bonds. The van der Waals surface area contributed by atoms with Crippen molar-refractivity contribution in [1.82, 2.24) is 15.0 Å².